The highest BCUT2D eigenvalue weighted by Gasteiger charge is 2.15. The van der Waals surface area contributed by atoms with Crippen LogP contribution in [0.4, 0.5) is 5.69 Å². The standard InChI is InChI=1S/C20H22N2O4/c1-12-9-14(11-15(10-12)19(25)26)17(23)21-16-7-5-13(6-8-16)18(24)22-20(2,3)4/h5-11H,1-4H3,(H,21,23)(H,22,24)(H,25,26). The average Bonchev–Trinajstić information content (AvgIpc) is 2.53. The first-order valence-electron chi connectivity index (χ1n) is 8.14. The maximum absolute atomic E-state index is 12.4. The third-order valence-electron chi connectivity index (χ3n) is 3.48. The zero-order valence-electron chi connectivity index (χ0n) is 15.2. The molecule has 2 aromatic carbocycles. The Morgan fingerprint density at radius 2 is 1.42 bits per heavy atom. The van der Waals surface area contributed by atoms with E-state index in [0.717, 1.165) is 0 Å². The van der Waals surface area contributed by atoms with Crippen LogP contribution in [0.1, 0.15) is 57.4 Å². The second-order valence-corrected chi connectivity index (χ2v) is 7.13. The molecule has 3 N–H and O–H groups in total. The van der Waals surface area contributed by atoms with Gasteiger partial charge in [-0.05, 0) is 75.7 Å². The zero-order valence-corrected chi connectivity index (χ0v) is 15.2. The van der Waals surface area contributed by atoms with E-state index < -0.39 is 11.9 Å². The Balaban J connectivity index is 2.13. The van der Waals surface area contributed by atoms with Crippen molar-refractivity contribution in [3.8, 4) is 0 Å². The lowest BCUT2D eigenvalue weighted by atomic mass is 10.1. The summed E-state index contributed by atoms with van der Waals surface area (Å²) in [6.45, 7) is 7.41. The molecule has 0 unspecified atom stereocenters. The average molecular weight is 354 g/mol. The van der Waals surface area contributed by atoms with Crippen molar-refractivity contribution >= 4 is 23.5 Å². The molecule has 26 heavy (non-hydrogen) atoms. The molecule has 6 nitrogen and oxygen atoms in total. The van der Waals surface area contributed by atoms with Gasteiger partial charge in [-0.3, -0.25) is 9.59 Å². The summed E-state index contributed by atoms with van der Waals surface area (Å²) in [5, 5.41) is 14.7. The summed E-state index contributed by atoms with van der Waals surface area (Å²) in [6.07, 6.45) is 0. The number of hydrogen-bond acceptors (Lipinski definition) is 3. The van der Waals surface area contributed by atoms with Gasteiger partial charge in [0.25, 0.3) is 11.8 Å². The number of aromatic carboxylic acids is 1. The van der Waals surface area contributed by atoms with E-state index in [1.165, 1.54) is 12.1 Å². The van der Waals surface area contributed by atoms with E-state index >= 15 is 0 Å². The quantitative estimate of drug-likeness (QED) is 0.783. The molecule has 136 valence electrons. The van der Waals surface area contributed by atoms with E-state index in [1.54, 1.807) is 37.3 Å². The topological polar surface area (TPSA) is 95.5 Å². The monoisotopic (exact) mass is 354 g/mol. The Morgan fingerprint density at radius 3 is 1.96 bits per heavy atom. The summed E-state index contributed by atoms with van der Waals surface area (Å²) < 4.78 is 0. The number of nitrogens with one attached hydrogen (secondary N) is 2. The van der Waals surface area contributed by atoms with Gasteiger partial charge in [0.15, 0.2) is 0 Å². The third kappa shape index (κ3) is 5.17. The van der Waals surface area contributed by atoms with Gasteiger partial charge in [0.1, 0.15) is 0 Å². The molecular formula is C20H22N2O4. The molecule has 2 aromatic rings. The van der Waals surface area contributed by atoms with Crippen LogP contribution in [0.2, 0.25) is 0 Å². The largest absolute Gasteiger partial charge is 0.478 e. The van der Waals surface area contributed by atoms with Crippen LogP contribution in [0.3, 0.4) is 0 Å². The van der Waals surface area contributed by atoms with Crippen LogP contribution < -0.4 is 10.6 Å². The molecule has 0 saturated carbocycles. The van der Waals surface area contributed by atoms with Gasteiger partial charge in [0.2, 0.25) is 0 Å². The van der Waals surface area contributed by atoms with Crippen LogP contribution in [0, 0.1) is 6.92 Å². The van der Waals surface area contributed by atoms with Gasteiger partial charge in [-0.2, -0.15) is 0 Å². The van der Waals surface area contributed by atoms with E-state index in [0.29, 0.717) is 16.8 Å². The predicted molar refractivity (Wildman–Crippen MR) is 99.8 cm³/mol. The zero-order chi connectivity index (χ0) is 19.5. The highest BCUT2D eigenvalue weighted by molar-refractivity contribution is 6.06. The van der Waals surface area contributed by atoms with Crippen LogP contribution in [-0.2, 0) is 0 Å². The minimum atomic E-state index is -1.09. The first-order valence-corrected chi connectivity index (χ1v) is 8.14. The smallest absolute Gasteiger partial charge is 0.335 e. The van der Waals surface area contributed by atoms with Crippen LogP contribution in [-0.4, -0.2) is 28.4 Å². The van der Waals surface area contributed by atoms with Gasteiger partial charge in [0.05, 0.1) is 5.56 Å². The number of rotatable bonds is 4. The number of anilines is 1. The Morgan fingerprint density at radius 1 is 0.846 bits per heavy atom. The van der Waals surface area contributed by atoms with Gasteiger partial charge < -0.3 is 15.7 Å². The van der Waals surface area contributed by atoms with E-state index in [9.17, 15) is 14.4 Å². The van der Waals surface area contributed by atoms with Crippen molar-refractivity contribution in [2.75, 3.05) is 5.32 Å². The van der Waals surface area contributed by atoms with E-state index in [4.69, 9.17) is 5.11 Å². The maximum Gasteiger partial charge on any atom is 0.335 e. The first-order chi connectivity index (χ1) is 12.0. The number of aryl methyl sites for hydroxylation is 1. The summed E-state index contributed by atoms with van der Waals surface area (Å²) in [7, 11) is 0. The summed E-state index contributed by atoms with van der Waals surface area (Å²) >= 11 is 0. The number of carboxylic acid groups (broad SMARTS) is 1. The number of carboxylic acids is 1. The minimum absolute atomic E-state index is 0.0596. The molecular weight excluding hydrogens is 332 g/mol. The van der Waals surface area contributed by atoms with Crippen molar-refractivity contribution in [3.05, 3.63) is 64.7 Å². The van der Waals surface area contributed by atoms with Crippen molar-refractivity contribution in [2.24, 2.45) is 0 Å². The maximum atomic E-state index is 12.4. The first kappa shape index (κ1) is 19.2. The Labute approximate surface area is 152 Å². The van der Waals surface area contributed by atoms with Crippen molar-refractivity contribution in [3.63, 3.8) is 0 Å². The van der Waals surface area contributed by atoms with Crippen molar-refractivity contribution in [1.29, 1.82) is 0 Å². The van der Waals surface area contributed by atoms with Crippen LogP contribution in [0.5, 0.6) is 0 Å². The molecule has 2 amide bonds. The fourth-order valence-corrected chi connectivity index (χ4v) is 2.36. The lowest BCUT2D eigenvalue weighted by Crippen LogP contribution is -2.40. The van der Waals surface area contributed by atoms with E-state index in [-0.39, 0.29) is 22.6 Å². The Hall–Kier alpha value is -3.15. The van der Waals surface area contributed by atoms with E-state index in [2.05, 4.69) is 10.6 Å². The molecule has 0 aromatic heterocycles. The lowest BCUT2D eigenvalue weighted by molar-refractivity contribution is 0.0696. The second-order valence-electron chi connectivity index (χ2n) is 7.13. The molecule has 0 spiro atoms. The van der Waals surface area contributed by atoms with E-state index in [1.807, 2.05) is 20.8 Å². The molecule has 0 saturated heterocycles. The summed E-state index contributed by atoms with van der Waals surface area (Å²) in [5.41, 5.74) is 1.67. The van der Waals surface area contributed by atoms with Gasteiger partial charge in [-0.15, -0.1) is 0 Å². The molecule has 0 radical (unpaired) electrons. The molecule has 0 heterocycles. The highest BCUT2D eigenvalue weighted by Crippen LogP contribution is 2.15. The summed E-state index contributed by atoms with van der Waals surface area (Å²) in [6, 6.07) is 10.9. The number of amides is 2. The van der Waals surface area contributed by atoms with Crippen molar-refractivity contribution in [2.45, 2.75) is 33.2 Å². The normalized spacial score (nSPS) is 10.9. The Bertz CT molecular complexity index is 849. The fraction of sp³-hybridized carbons (Fsp3) is 0.250. The van der Waals surface area contributed by atoms with Gasteiger partial charge in [-0.25, -0.2) is 4.79 Å². The van der Waals surface area contributed by atoms with Crippen LogP contribution in [0.25, 0.3) is 0 Å². The molecule has 0 aliphatic rings. The third-order valence-corrected chi connectivity index (χ3v) is 3.48. The predicted octanol–water partition coefficient (Wildman–Crippen LogP) is 3.47. The van der Waals surface area contributed by atoms with Crippen molar-refractivity contribution in [1.82, 2.24) is 5.32 Å². The molecule has 0 aliphatic heterocycles. The summed E-state index contributed by atoms with van der Waals surface area (Å²) in [4.78, 5) is 35.6. The number of carbonyl (C=O) groups is 3. The summed E-state index contributed by atoms with van der Waals surface area (Å²) in [5.74, 6) is -1.69. The molecule has 0 atom stereocenters. The van der Waals surface area contributed by atoms with Crippen molar-refractivity contribution < 1.29 is 19.5 Å². The van der Waals surface area contributed by atoms with Gasteiger partial charge in [0, 0.05) is 22.4 Å². The lowest BCUT2D eigenvalue weighted by Gasteiger charge is -2.20. The number of hydrogen-bond donors (Lipinski definition) is 3. The number of benzene rings is 2. The van der Waals surface area contributed by atoms with Gasteiger partial charge in [-0.1, -0.05) is 0 Å². The minimum Gasteiger partial charge on any atom is -0.478 e. The molecule has 0 bridgehead atoms. The molecule has 0 fully saturated rings. The molecule has 0 aliphatic carbocycles. The second kappa shape index (κ2) is 7.39. The van der Waals surface area contributed by atoms with Crippen LogP contribution in [0.15, 0.2) is 42.5 Å². The SMILES string of the molecule is Cc1cc(C(=O)O)cc(C(=O)Nc2ccc(C(=O)NC(C)(C)C)cc2)c1. The molecule has 6 heteroatoms. The Kier molecular flexibility index (Phi) is 5.45. The molecule has 2 rings (SSSR count). The fourth-order valence-electron chi connectivity index (χ4n) is 2.36. The highest BCUT2D eigenvalue weighted by atomic mass is 16.4. The van der Waals surface area contributed by atoms with Gasteiger partial charge >= 0.3 is 5.97 Å². The number of carbonyl (C=O) groups excluding carboxylic acids is 2. The van der Waals surface area contributed by atoms with Crippen LogP contribution >= 0.6 is 0 Å².